The summed E-state index contributed by atoms with van der Waals surface area (Å²) in [6, 6.07) is 11.2. The van der Waals surface area contributed by atoms with Crippen LogP contribution in [0.5, 0.6) is 0 Å². The number of amides is 3. The number of rotatable bonds is 10. The third kappa shape index (κ3) is 7.10. The highest BCUT2D eigenvalue weighted by atomic mass is 16.6. The molecule has 0 saturated carbocycles. The van der Waals surface area contributed by atoms with Gasteiger partial charge >= 0.3 is 11.9 Å². The second-order valence-electron chi connectivity index (χ2n) is 7.99. The second-order valence-corrected chi connectivity index (χ2v) is 7.99. The first-order valence-corrected chi connectivity index (χ1v) is 11.3. The van der Waals surface area contributed by atoms with Gasteiger partial charge in [0, 0.05) is 18.2 Å². The maximum absolute atomic E-state index is 12.4. The Hall–Kier alpha value is -4.81. The van der Waals surface area contributed by atoms with E-state index in [4.69, 9.17) is 9.47 Å². The summed E-state index contributed by atoms with van der Waals surface area (Å²) in [7, 11) is 0. The lowest BCUT2D eigenvalue weighted by Crippen LogP contribution is -2.43. The highest BCUT2D eigenvalue weighted by Gasteiger charge is 2.37. The van der Waals surface area contributed by atoms with Gasteiger partial charge in [0.1, 0.15) is 5.56 Å². The Morgan fingerprint density at radius 3 is 2.46 bits per heavy atom. The normalized spacial score (nSPS) is 14.6. The van der Waals surface area contributed by atoms with Gasteiger partial charge in [-0.15, -0.1) is 0 Å². The Morgan fingerprint density at radius 2 is 1.78 bits per heavy atom. The van der Waals surface area contributed by atoms with E-state index in [9.17, 15) is 34.1 Å². The zero-order chi connectivity index (χ0) is 26.9. The van der Waals surface area contributed by atoms with Gasteiger partial charge in [-0.2, -0.15) is 0 Å². The van der Waals surface area contributed by atoms with E-state index in [0.717, 1.165) is 11.1 Å². The van der Waals surface area contributed by atoms with Gasteiger partial charge in [-0.3, -0.25) is 39.7 Å². The van der Waals surface area contributed by atoms with Crippen molar-refractivity contribution in [3.05, 3.63) is 69.8 Å². The van der Waals surface area contributed by atoms with Crippen LogP contribution in [0.3, 0.4) is 0 Å². The topological polar surface area (TPSA) is 174 Å². The number of hydrogen-bond acceptors (Lipinski definition) is 9. The number of esters is 2. The van der Waals surface area contributed by atoms with Crippen LogP contribution in [0.4, 0.5) is 11.4 Å². The molecule has 0 radical (unpaired) electrons. The molecule has 1 heterocycles. The van der Waals surface area contributed by atoms with Crippen molar-refractivity contribution >= 4 is 41.0 Å². The molecule has 37 heavy (non-hydrogen) atoms. The highest BCUT2D eigenvalue weighted by Crippen LogP contribution is 2.21. The van der Waals surface area contributed by atoms with Gasteiger partial charge in [-0.1, -0.05) is 19.1 Å². The number of hydrazine groups is 1. The molecule has 0 bridgehead atoms. The van der Waals surface area contributed by atoms with E-state index in [2.05, 4.69) is 10.7 Å². The molecule has 2 N–H and O–H groups in total. The lowest BCUT2D eigenvalue weighted by molar-refractivity contribution is -0.385. The fourth-order valence-corrected chi connectivity index (χ4v) is 3.40. The largest absolute Gasteiger partial charge is 0.462 e. The van der Waals surface area contributed by atoms with Crippen LogP contribution in [-0.2, 0) is 23.9 Å². The minimum atomic E-state index is -0.945. The van der Waals surface area contributed by atoms with Crippen LogP contribution in [0.25, 0.3) is 0 Å². The van der Waals surface area contributed by atoms with Crippen LogP contribution >= 0.6 is 0 Å². The molecule has 0 aromatic heterocycles. The first-order chi connectivity index (χ1) is 17.7. The van der Waals surface area contributed by atoms with Gasteiger partial charge < -0.3 is 14.8 Å². The zero-order valence-electron chi connectivity index (χ0n) is 19.8. The molecule has 0 unspecified atom stereocenters. The van der Waals surface area contributed by atoms with Gasteiger partial charge in [-0.25, -0.2) is 4.79 Å². The van der Waals surface area contributed by atoms with Gasteiger partial charge in [-0.05, 0) is 36.8 Å². The number of nitro benzene ring substituents is 1. The molecule has 3 rings (SSSR count). The standard InChI is InChI=1S/C24H24N4O9/c1-2-11-36-23(32)15-7-9-17(10-8-15)25-20(29)14-37-24(33)16-12-21(30)27(13-16)26-22(31)18-5-3-4-6-19(18)28(34)35/h3-10,16H,2,11-14H2,1H3,(H,25,29)(H,26,31)/t16-/m1/s1. The van der Waals surface area contributed by atoms with E-state index in [0.29, 0.717) is 24.3 Å². The van der Waals surface area contributed by atoms with Crippen molar-refractivity contribution in [2.45, 2.75) is 19.8 Å². The summed E-state index contributed by atoms with van der Waals surface area (Å²) in [4.78, 5) is 71.4. The van der Waals surface area contributed by atoms with Crippen molar-refractivity contribution in [3.63, 3.8) is 0 Å². The Balaban J connectivity index is 1.47. The minimum Gasteiger partial charge on any atom is -0.462 e. The molecular weight excluding hydrogens is 488 g/mol. The number of benzene rings is 2. The number of ether oxygens (including phenoxy) is 2. The molecule has 1 aliphatic heterocycles. The molecule has 13 heteroatoms. The summed E-state index contributed by atoms with van der Waals surface area (Å²) in [5.41, 5.74) is 2.28. The number of nitro groups is 1. The summed E-state index contributed by atoms with van der Waals surface area (Å²) in [6.45, 7) is 1.33. The van der Waals surface area contributed by atoms with Crippen LogP contribution in [0.15, 0.2) is 48.5 Å². The zero-order valence-corrected chi connectivity index (χ0v) is 19.8. The third-order valence-electron chi connectivity index (χ3n) is 5.23. The molecule has 1 fully saturated rings. The Labute approximate surface area is 210 Å². The molecule has 13 nitrogen and oxygen atoms in total. The smallest absolute Gasteiger partial charge is 0.338 e. The summed E-state index contributed by atoms with van der Waals surface area (Å²) < 4.78 is 10.0. The molecule has 1 aliphatic rings. The molecule has 2 aromatic rings. The average Bonchev–Trinajstić information content (AvgIpc) is 3.26. The van der Waals surface area contributed by atoms with E-state index < -0.39 is 52.8 Å². The number of carbonyl (C=O) groups excluding carboxylic acids is 5. The number of nitrogens with zero attached hydrogens (tertiary/aromatic N) is 2. The van der Waals surface area contributed by atoms with Crippen molar-refractivity contribution in [1.82, 2.24) is 10.4 Å². The molecule has 0 spiro atoms. The summed E-state index contributed by atoms with van der Waals surface area (Å²) in [5, 5.41) is 14.5. The maximum Gasteiger partial charge on any atom is 0.338 e. The van der Waals surface area contributed by atoms with E-state index in [-0.39, 0.29) is 18.5 Å². The minimum absolute atomic E-state index is 0.221. The van der Waals surface area contributed by atoms with Crippen LogP contribution in [-0.4, -0.2) is 59.4 Å². The summed E-state index contributed by atoms with van der Waals surface area (Å²) >= 11 is 0. The van der Waals surface area contributed by atoms with E-state index in [1.54, 1.807) is 0 Å². The number of hydrogen-bond donors (Lipinski definition) is 2. The van der Waals surface area contributed by atoms with Crippen molar-refractivity contribution < 1.29 is 38.4 Å². The first kappa shape index (κ1) is 26.8. The van der Waals surface area contributed by atoms with Gasteiger partial charge in [0.2, 0.25) is 5.91 Å². The fraction of sp³-hybridized carbons (Fsp3) is 0.292. The Bertz CT molecular complexity index is 1210. The predicted octanol–water partition coefficient (Wildman–Crippen LogP) is 1.84. The summed E-state index contributed by atoms with van der Waals surface area (Å²) in [5.74, 6) is -4.35. The first-order valence-electron chi connectivity index (χ1n) is 11.3. The predicted molar refractivity (Wildman–Crippen MR) is 127 cm³/mol. The van der Waals surface area contributed by atoms with Crippen LogP contribution < -0.4 is 10.7 Å². The fourth-order valence-electron chi connectivity index (χ4n) is 3.40. The molecule has 0 aliphatic carbocycles. The molecule has 194 valence electrons. The van der Waals surface area contributed by atoms with Crippen molar-refractivity contribution in [3.8, 4) is 0 Å². The maximum atomic E-state index is 12.4. The molecule has 3 amide bonds. The Morgan fingerprint density at radius 1 is 1.08 bits per heavy atom. The number of nitrogens with one attached hydrogen (secondary N) is 2. The van der Waals surface area contributed by atoms with Gasteiger partial charge in [0.25, 0.3) is 17.5 Å². The van der Waals surface area contributed by atoms with Crippen molar-refractivity contribution in [2.24, 2.45) is 5.92 Å². The summed E-state index contributed by atoms with van der Waals surface area (Å²) in [6.07, 6.45) is 0.423. The molecular formula is C24H24N4O9. The molecule has 2 aromatic carbocycles. The van der Waals surface area contributed by atoms with Crippen molar-refractivity contribution in [1.29, 1.82) is 0 Å². The lowest BCUT2D eigenvalue weighted by Gasteiger charge is -2.17. The van der Waals surface area contributed by atoms with Gasteiger partial charge in [0.15, 0.2) is 6.61 Å². The second kappa shape index (κ2) is 12.2. The number of carbonyl (C=O) groups is 5. The number of para-hydroxylation sites is 1. The quantitative estimate of drug-likeness (QED) is 0.273. The SMILES string of the molecule is CCCOC(=O)c1ccc(NC(=O)COC(=O)[C@@H]2CC(=O)N(NC(=O)c3ccccc3[N+](=O)[O-])C2)cc1. The van der Waals surface area contributed by atoms with Gasteiger partial charge in [0.05, 0.1) is 29.6 Å². The molecule has 1 atom stereocenters. The lowest BCUT2D eigenvalue weighted by atomic mass is 10.1. The van der Waals surface area contributed by atoms with Crippen LogP contribution in [0.1, 0.15) is 40.5 Å². The van der Waals surface area contributed by atoms with E-state index in [1.807, 2.05) is 6.92 Å². The Kier molecular flexibility index (Phi) is 8.86. The van der Waals surface area contributed by atoms with E-state index in [1.165, 1.54) is 42.5 Å². The van der Waals surface area contributed by atoms with Crippen molar-refractivity contribution in [2.75, 3.05) is 25.1 Å². The molecule has 1 saturated heterocycles. The van der Waals surface area contributed by atoms with E-state index >= 15 is 0 Å². The third-order valence-corrected chi connectivity index (χ3v) is 5.23. The van der Waals surface area contributed by atoms with Crippen LogP contribution in [0, 0.1) is 16.0 Å². The average molecular weight is 512 g/mol. The highest BCUT2D eigenvalue weighted by molar-refractivity contribution is 6.00. The number of anilines is 1. The van der Waals surface area contributed by atoms with Crippen LogP contribution in [0.2, 0.25) is 0 Å². The monoisotopic (exact) mass is 512 g/mol.